The molecule has 0 radical (unpaired) electrons. The third-order valence-electron chi connectivity index (χ3n) is 2.01. The van der Waals surface area contributed by atoms with Crippen LogP contribution in [0.5, 0.6) is 11.5 Å². The lowest BCUT2D eigenvalue weighted by Crippen LogP contribution is -2.21. The van der Waals surface area contributed by atoms with Crippen molar-refractivity contribution in [3.05, 3.63) is 28.3 Å². The molecule has 1 aromatic rings. The van der Waals surface area contributed by atoms with Crippen molar-refractivity contribution in [1.29, 1.82) is 0 Å². The van der Waals surface area contributed by atoms with E-state index in [1.807, 2.05) is 0 Å². The van der Waals surface area contributed by atoms with Gasteiger partial charge in [0.15, 0.2) is 16.9 Å². The maximum Gasteiger partial charge on any atom is 0.325 e. The molecule has 8 heteroatoms. The van der Waals surface area contributed by atoms with Crippen molar-refractivity contribution in [1.82, 2.24) is 0 Å². The van der Waals surface area contributed by atoms with Crippen LogP contribution in [-0.4, -0.2) is 35.1 Å². The van der Waals surface area contributed by atoms with Crippen LogP contribution >= 0.6 is 11.6 Å². The smallest absolute Gasteiger partial charge is 0.325 e. The highest BCUT2D eigenvalue weighted by Crippen LogP contribution is 2.31. The van der Waals surface area contributed by atoms with Gasteiger partial charge in [-0.05, 0) is 6.07 Å². The Morgan fingerprint density at radius 3 is 2.72 bits per heavy atom. The number of ether oxygens (including phenoxy) is 2. The number of rotatable bonds is 6. The normalized spacial score (nSPS) is 11.7. The molecular formula is C10H10ClNO6. The number of non-ortho nitro benzene ring substituents is 1. The van der Waals surface area contributed by atoms with Gasteiger partial charge in [-0.3, -0.25) is 14.9 Å². The summed E-state index contributed by atoms with van der Waals surface area (Å²) in [5.41, 5.74) is -0.153. The van der Waals surface area contributed by atoms with Gasteiger partial charge in [0.05, 0.1) is 18.1 Å². The molecule has 0 aliphatic rings. The Kier molecular flexibility index (Phi) is 4.73. The SMILES string of the molecule is COc1cc([N+](=O)[O-])ccc1OCC(Cl)C(=O)O. The van der Waals surface area contributed by atoms with Crippen LogP contribution in [0, 0.1) is 10.1 Å². The van der Waals surface area contributed by atoms with Crippen molar-refractivity contribution in [3.8, 4) is 11.5 Å². The van der Waals surface area contributed by atoms with Crippen LogP contribution in [0.25, 0.3) is 0 Å². The van der Waals surface area contributed by atoms with E-state index in [9.17, 15) is 14.9 Å². The molecule has 98 valence electrons. The molecule has 0 amide bonds. The Labute approximate surface area is 107 Å². The van der Waals surface area contributed by atoms with E-state index < -0.39 is 16.3 Å². The summed E-state index contributed by atoms with van der Waals surface area (Å²) in [6.07, 6.45) is 0. The topological polar surface area (TPSA) is 98.9 Å². The summed E-state index contributed by atoms with van der Waals surface area (Å²) >= 11 is 5.47. The van der Waals surface area contributed by atoms with Gasteiger partial charge in [0.2, 0.25) is 0 Å². The van der Waals surface area contributed by atoms with Crippen molar-refractivity contribution in [2.45, 2.75) is 5.38 Å². The molecule has 0 saturated heterocycles. The van der Waals surface area contributed by atoms with E-state index in [1.54, 1.807) is 0 Å². The number of nitrogens with zero attached hydrogens (tertiary/aromatic N) is 1. The predicted molar refractivity (Wildman–Crippen MR) is 62.4 cm³/mol. The van der Waals surface area contributed by atoms with Crippen molar-refractivity contribution in [3.63, 3.8) is 0 Å². The van der Waals surface area contributed by atoms with Crippen LogP contribution in [0.2, 0.25) is 0 Å². The zero-order chi connectivity index (χ0) is 13.7. The van der Waals surface area contributed by atoms with Gasteiger partial charge in [-0.2, -0.15) is 0 Å². The first kappa shape index (κ1) is 14.0. The summed E-state index contributed by atoms with van der Waals surface area (Å²) in [6.45, 7) is -0.273. The van der Waals surface area contributed by atoms with Gasteiger partial charge < -0.3 is 14.6 Å². The van der Waals surface area contributed by atoms with Crippen LogP contribution in [0.3, 0.4) is 0 Å². The molecule has 0 heterocycles. The van der Waals surface area contributed by atoms with Crippen molar-refractivity contribution in [2.24, 2.45) is 0 Å². The first-order valence-corrected chi connectivity index (χ1v) is 5.21. The number of nitro groups is 1. The van der Waals surface area contributed by atoms with E-state index in [-0.39, 0.29) is 23.8 Å². The first-order valence-electron chi connectivity index (χ1n) is 4.77. The van der Waals surface area contributed by atoms with Gasteiger partial charge in [-0.25, -0.2) is 0 Å². The average molecular weight is 276 g/mol. The van der Waals surface area contributed by atoms with Gasteiger partial charge in [-0.1, -0.05) is 0 Å². The Bertz CT molecular complexity index is 464. The minimum atomic E-state index is -1.21. The van der Waals surface area contributed by atoms with E-state index in [1.165, 1.54) is 25.3 Å². The predicted octanol–water partition coefficient (Wildman–Crippen LogP) is 1.67. The lowest BCUT2D eigenvalue weighted by atomic mass is 10.3. The fourth-order valence-corrected chi connectivity index (χ4v) is 1.19. The molecule has 0 fully saturated rings. The standard InChI is InChI=1S/C10H10ClNO6/c1-17-9-4-6(12(15)16)2-3-8(9)18-5-7(11)10(13)14/h2-4,7H,5H2,1H3,(H,13,14). The first-order chi connectivity index (χ1) is 8.45. The van der Waals surface area contributed by atoms with Gasteiger partial charge in [0.1, 0.15) is 6.61 Å². The van der Waals surface area contributed by atoms with Crippen molar-refractivity contribution >= 4 is 23.3 Å². The number of halogens is 1. The second kappa shape index (κ2) is 6.06. The summed E-state index contributed by atoms with van der Waals surface area (Å²) in [5, 5.41) is 17.9. The zero-order valence-corrected chi connectivity index (χ0v) is 10.1. The Morgan fingerprint density at radius 2 is 2.22 bits per heavy atom. The number of nitro benzene ring substituents is 1. The van der Waals surface area contributed by atoms with E-state index in [0.717, 1.165) is 0 Å². The Hall–Kier alpha value is -2.02. The van der Waals surface area contributed by atoms with E-state index in [0.29, 0.717) is 0 Å². The molecular weight excluding hydrogens is 266 g/mol. The second-order valence-electron chi connectivity index (χ2n) is 3.21. The maximum absolute atomic E-state index is 10.5. The molecule has 0 bridgehead atoms. The average Bonchev–Trinajstić information content (AvgIpc) is 2.35. The lowest BCUT2D eigenvalue weighted by molar-refractivity contribution is -0.385. The number of benzene rings is 1. The highest BCUT2D eigenvalue weighted by Gasteiger charge is 2.17. The summed E-state index contributed by atoms with van der Waals surface area (Å²) in [4.78, 5) is 20.5. The molecule has 7 nitrogen and oxygen atoms in total. The fraction of sp³-hybridized carbons (Fsp3) is 0.300. The van der Waals surface area contributed by atoms with E-state index >= 15 is 0 Å². The monoisotopic (exact) mass is 275 g/mol. The number of carbonyl (C=O) groups is 1. The number of alkyl halides is 1. The third-order valence-corrected chi connectivity index (χ3v) is 2.32. The fourth-order valence-electron chi connectivity index (χ4n) is 1.12. The lowest BCUT2D eigenvalue weighted by Gasteiger charge is -2.11. The molecule has 1 atom stereocenters. The molecule has 0 spiro atoms. The van der Waals surface area contributed by atoms with Gasteiger partial charge in [0, 0.05) is 6.07 Å². The summed E-state index contributed by atoms with van der Waals surface area (Å²) in [5.74, 6) is -0.883. The van der Waals surface area contributed by atoms with Crippen LogP contribution in [0.4, 0.5) is 5.69 Å². The molecule has 1 rings (SSSR count). The molecule has 1 N–H and O–H groups in total. The Morgan fingerprint density at radius 1 is 1.56 bits per heavy atom. The number of methoxy groups -OCH3 is 1. The zero-order valence-electron chi connectivity index (χ0n) is 9.33. The third kappa shape index (κ3) is 3.49. The molecule has 0 saturated carbocycles. The summed E-state index contributed by atoms with van der Waals surface area (Å²) < 4.78 is 10.0. The van der Waals surface area contributed by atoms with Gasteiger partial charge >= 0.3 is 5.97 Å². The highest BCUT2D eigenvalue weighted by atomic mass is 35.5. The van der Waals surface area contributed by atoms with Crippen LogP contribution in [-0.2, 0) is 4.79 Å². The molecule has 0 aliphatic heterocycles. The number of carboxylic acids is 1. The Balaban J connectivity index is 2.83. The molecule has 1 unspecified atom stereocenters. The summed E-state index contributed by atoms with van der Waals surface area (Å²) in [7, 11) is 1.32. The number of carboxylic acid groups (broad SMARTS) is 1. The highest BCUT2D eigenvalue weighted by molar-refractivity contribution is 6.29. The molecule has 18 heavy (non-hydrogen) atoms. The van der Waals surface area contributed by atoms with Crippen molar-refractivity contribution < 1.29 is 24.3 Å². The van der Waals surface area contributed by atoms with E-state index in [4.69, 9.17) is 26.2 Å². The van der Waals surface area contributed by atoms with Crippen molar-refractivity contribution in [2.75, 3.05) is 13.7 Å². The minimum absolute atomic E-state index is 0.137. The molecule has 0 aromatic heterocycles. The largest absolute Gasteiger partial charge is 0.493 e. The maximum atomic E-state index is 10.5. The van der Waals surface area contributed by atoms with Gasteiger partial charge in [-0.15, -0.1) is 11.6 Å². The second-order valence-corrected chi connectivity index (χ2v) is 3.74. The van der Waals surface area contributed by atoms with Gasteiger partial charge in [0.25, 0.3) is 5.69 Å². The minimum Gasteiger partial charge on any atom is -0.493 e. The molecule has 0 aliphatic carbocycles. The number of hydrogen-bond acceptors (Lipinski definition) is 5. The summed E-state index contributed by atoms with van der Waals surface area (Å²) in [6, 6.07) is 3.73. The quantitative estimate of drug-likeness (QED) is 0.482. The number of hydrogen-bond donors (Lipinski definition) is 1. The van der Waals surface area contributed by atoms with Crippen LogP contribution < -0.4 is 9.47 Å². The van der Waals surface area contributed by atoms with Crippen LogP contribution in [0.15, 0.2) is 18.2 Å². The van der Waals surface area contributed by atoms with Crippen LogP contribution in [0.1, 0.15) is 0 Å². The molecule has 1 aromatic carbocycles. The van der Waals surface area contributed by atoms with E-state index in [2.05, 4.69) is 0 Å². The number of aliphatic carboxylic acids is 1.